The van der Waals surface area contributed by atoms with E-state index in [1.54, 1.807) is 0 Å². The SMILES string of the molecule is OCc1ncnc(C2CC2)c1F. The summed E-state index contributed by atoms with van der Waals surface area (Å²) >= 11 is 0. The van der Waals surface area contributed by atoms with Crippen molar-refractivity contribution in [1.29, 1.82) is 0 Å². The second-order valence-corrected chi connectivity index (χ2v) is 2.95. The van der Waals surface area contributed by atoms with Crippen LogP contribution >= 0.6 is 0 Å². The van der Waals surface area contributed by atoms with Gasteiger partial charge in [0.1, 0.15) is 12.0 Å². The van der Waals surface area contributed by atoms with Crippen LogP contribution in [0.5, 0.6) is 0 Å². The average Bonchev–Trinajstić information content (AvgIpc) is 2.88. The summed E-state index contributed by atoms with van der Waals surface area (Å²) in [5.74, 6) is -0.166. The van der Waals surface area contributed by atoms with E-state index < -0.39 is 5.82 Å². The minimum atomic E-state index is -0.428. The van der Waals surface area contributed by atoms with Crippen LogP contribution in [0.15, 0.2) is 6.33 Å². The summed E-state index contributed by atoms with van der Waals surface area (Å²) in [6, 6.07) is 0. The topological polar surface area (TPSA) is 46.0 Å². The van der Waals surface area contributed by atoms with Gasteiger partial charge in [-0.25, -0.2) is 14.4 Å². The molecule has 1 heterocycles. The van der Waals surface area contributed by atoms with Crippen molar-refractivity contribution in [1.82, 2.24) is 9.97 Å². The van der Waals surface area contributed by atoms with E-state index in [0.717, 1.165) is 12.8 Å². The molecule has 1 N–H and O–H groups in total. The molecule has 0 unspecified atom stereocenters. The van der Waals surface area contributed by atoms with E-state index in [1.807, 2.05) is 0 Å². The lowest BCUT2D eigenvalue weighted by molar-refractivity contribution is 0.269. The van der Waals surface area contributed by atoms with Gasteiger partial charge in [0.2, 0.25) is 0 Å². The van der Waals surface area contributed by atoms with Crippen LogP contribution in [0.1, 0.15) is 30.1 Å². The minimum Gasteiger partial charge on any atom is -0.390 e. The quantitative estimate of drug-likeness (QED) is 0.716. The Kier molecular flexibility index (Phi) is 1.77. The summed E-state index contributed by atoms with van der Waals surface area (Å²) in [5.41, 5.74) is 0.570. The molecule has 0 bridgehead atoms. The maximum Gasteiger partial charge on any atom is 0.168 e. The molecule has 1 aromatic rings. The molecule has 2 rings (SSSR count). The van der Waals surface area contributed by atoms with E-state index in [9.17, 15) is 4.39 Å². The van der Waals surface area contributed by atoms with Gasteiger partial charge in [-0.15, -0.1) is 0 Å². The molecule has 0 saturated heterocycles. The first kappa shape index (κ1) is 7.61. The van der Waals surface area contributed by atoms with Crippen molar-refractivity contribution in [3.8, 4) is 0 Å². The number of hydrogen-bond acceptors (Lipinski definition) is 3. The monoisotopic (exact) mass is 168 g/mol. The smallest absolute Gasteiger partial charge is 0.168 e. The Morgan fingerprint density at radius 1 is 1.50 bits per heavy atom. The fraction of sp³-hybridized carbons (Fsp3) is 0.500. The zero-order chi connectivity index (χ0) is 8.55. The molecule has 0 radical (unpaired) electrons. The molecular weight excluding hydrogens is 159 g/mol. The fourth-order valence-corrected chi connectivity index (χ4v) is 1.17. The maximum atomic E-state index is 13.3. The lowest BCUT2D eigenvalue weighted by Crippen LogP contribution is -2.01. The van der Waals surface area contributed by atoms with Gasteiger partial charge >= 0.3 is 0 Å². The minimum absolute atomic E-state index is 0.104. The lowest BCUT2D eigenvalue weighted by Gasteiger charge is -2.01. The number of halogens is 1. The number of rotatable bonds is 2. The number of aliphatic hydroxyl groups is 1. The maximum absolute atomic E-state index is 13.3. The van der Waals surface area contributed by atoms with Gasteiger partial charge in [-0.05, 0) is 12.8 Å². The van der Waals surface area contributed by atoms with Gasteiger partial charge in [0.05, 0.1) is 12.3 Å². The Morgan fingerprint density at radius 3 is 2.83 bits per heavy atom. The molecule has 3 nitrogen and oxygen atoms in total. The largest absolute Gasteiger partial charge is 0.390 e. The van der Waals surface area contributed by atoms with Crippen LogP contribution < -0.4 is 0 Å². The van der Waals surface area contributed by atoms with Crippen LogP contribution in [0.25, 0.3) is 0 Å². The van der Waals surface area contributed by atoms with Crippen molar-refractivity contribution in [2.45, 2.75) is 25.4 Å². The molecule has 0 aliphatic heterocycles. The predicted molar refractivity (Wildman–Crippen MR) is 39.9 cm³/mol. The highest BCUT2D eigenvalue weighted by molar-refractivity contribution is 5.19. The van der Waals surface area contributed by atoms with Gasteiger partial charge in [0.25, 0.3) is 0 Å². The summed E-state index contributed by atoms with van der Waals surface area (Å²) in [6.45, 7) is -0.353. The molecule has 1 saturated carbocycles. The zero-order valence-electron chi connectivity index (χ0n) is 6.50. The Morgan fingerprint density at radius 2 is 2.25 bits per heavy atom. The number of aromatic nitrogens is 2. The first-order valence-electron chi connectivity index (χ1n) is 3.93. The Hall–Kier alpha value is -1.03. The van der Waals surface area contributed by atoms with Gasteiger partial charge in [0.15, 0.2) is 5.82 Å². The van der Waals surface area contributed by atoms with E-state index in [0.29, 0.717) is 5.69 Å². The summed E-state index contributed by atoms with van der Waals surface area (Å²) in [5, 5.41) is 8.71. The van der Waals surface area contributed by atoms with Crippen molar-refractivity contribution in [2.75, 3.05) is 0 Å². The van der Waals surface area contributed by atoms with E-state index in [-0.39, 0.29) is 18.2 Å². The van der Waals surface area contributed by atoms with Crippen molar-refractivity contribution >= 4 is 0 Å². The van der Waals surface area contributed by atoms with E-state index in [4.69, 9.17) is 5.11 Å². The van der Waals surface area contributed by atoms with Crippen molar-refractivity contribution in [2.24, 2.45) is 0 Å². The molecule has 4 heteroatoms. The van der Waals surface area contributed by atoms with Gasteiger partial charge in [-0.2, -0.15) is 0 Å². The van der Waals surface area contributed by atoms with Crippen LogP contribution in [-0.4, -0.2) is 15.1 Å². The Bertz CT molecular complexity index is 299. The first-order chi connectivity index (χ1) is 5.83. The van der Waals surface area contributed by atoms with Crippen LogP contribution in [0.4, 0.5) is 4.39 Å². The van der Waals surface area contributed by atoms with Crippen molar-refractivity contribution < 1.29 is 9.50 Å². The highest BCUT2D eigenvalue weighted by atomic mass is 19.1. The normalized spacial score (nSPS) is 16.5. The number of aliphatic hydroxyl groups excluding tert-OH is 1. The standard InChI is InChI=1S/C8H9FN2O/c9-7-6(3-12)10-4-11-8(7)5-1-2-5/h4-5,12H,1-3H2. The van der Waals surface area contributed by atoms with Gasteiger partial charge in [-0.1, -0.05) is 0 Å². The molecule has 1 aromatic heterocycles. The number of nitrogens with zero attached hydrogens (tertiary/aromatic N) is 2. The molecule has 0 spiro atoms. The van der Waals surface area contributed by atoms with E-state index in [1.165, 1.54) is 6.33 Å². The summed E-state index contributed by atoms with van der Waals surface area (Å²) in [6.07, 6.45) is 3.31. The van der Waals surface area contributed by atoms with Gasteiger partial charge < -0.3 is 5.11 Å². The molecule has 1 fully saturated rings. The highest BCUT2D eigenvalue weighted by Gasteiger charge is 2.29. The summed E-state index contributed by atoms with van der Waals surface area (Å²) < 4.78 is 13.3. The van der Waals surface area contributed by atoms with Crippen LogP contribution in [0.2, 0.25) is 0 Å². The Labute approximate surface area is 69.3 Å². The third-order valence-electron chi connectivity index (χ3n) is 2.00. The molecule has 0 atom stereocenters. The average molecular weight is 168 g/mol. The first-order valence-corrected chi connectivity index (χ1v) is 3.93. The molecule has 0 amide bonds. The predicted octanol–water partition coefficient (Wildman–Crippen LogP) is 0.985. The Balaban J connectivity index is 2.40. The molecule has 64 valence electrons. The van der Waals surface area contributed by atoms with Gasteiger partial charge in [0, 0.05) is 5.92 Å². The molecule has 12 heavy (non-hydrogen) atoms. The van der Waals surface area contributed by atoms with Crippen molar-refractivity contribution in [3.63, 3.8) is 0 Å². The zero-order valence-corrected chi connectivity index (χ0v) is 6.50. The fourth-order valence-electron chi connectivity index (χ4n) is 1.17. The number of hydrogen-bond donors (Lipinski definition) is 1. The molecule has 0 aromatic carbocycles. The van der Waals surface area contributed by atoms with E-state index >= 15 is 0 Å². The summed E-state index contributed by atoms with van der Waals surface area (Å²) in [4.78, 5) is 7.48. The van der Waals surface area contributed by atoms with Gasteiger partial charge in [-0.3, -0.25) is 0 Å². The molecular formula is C8H9FN2O. The third kappa shape index (κ3) is 1.18. The highest BCUT2D eigenvalue weighted by Crippen LogP contribution is 2.40. The second-order valence-electron chi connectivity index (χ2n) is 2.95. The molecule has 1 aliphatic rings. The van der Waals surface area contributed by atoms with Crippen LogP contribution in [0.3, 0.4) is 0 Å². The van der Waals surface area contributed by atoms with Crippen LogP contribution in [0, 0.1) is 5.82 Å². The molecule has 1 aliphatic carbocycles. The second kappa shape index (κ2) is 2.79. The van der Waals surface area contributed by atoms with Crippen molar-refractivity contribution in [3.05, 3.63) is 23.5 Å². The lowest BCUT2D eigenvalue weighted by atomic mass is 10.2. The third-order valence-corrected chi connectivity index (χ3v) is 2.00. The van der Waals surface area contributed by atoms with E-state index in [2.05, 4.69) is 9.97 Å². The van der Waals surface area contributed by atoms with Crippen LogP contribution in [-0.2, 0) is 6.61 Å². The summed E-state index contributed by atoms with van der Waals surface area (Å²) in [7, 11) is 0.